The number of aromatic nitrogens is 1. The van der Waals surface area contributed by atoms with E-state index in [0.29, 0.717) is 13.1 Å². The number of anilines is 1. The number of hydrogen-bond donors (Lipinski definition) is 3. The van der Waals surface area contributed by atoms with E-state index < -0.39 is 0 Å². The van der Waals surface area contributed by atoms with Crippen molar-refractivity contribution in [2.45, 2.75) is 63.6 Å². The van der Waals surface area contributed by atoms with Crippen molar-refractivity contribution in [1.82, 2.24) is 20.5 Å². The van der Waals surface area contributed by atoms with E-state index in [9.17, 15) is 9.59 Å². The van der Waals surface area contributed by atoms with Crippen LogP contribution in [0.5, 0.6) is 5.75 Å². The van der Waals surface area contributed by atoms with Crippen LogP contribution in [0.2, 0.25) is 0 Å². The van der Waals surface area contributed by atoms with Gasteiger partial charge in [0.25, 0.3) is 0 Å². The number of nitrogens with zero attached hydrogens (tertiary/aromatic N) is 2. The molecule has 33 heavy (non-hydrogen) atoms. The highest BCUT2D eigenvalue weighted by Crippen LogP contribution is 2.34. The number of fused-ring (bicyclic) bond motifs is 1. The molecule has 1 unspecified atom stereocenters. The summed E-state index contributed by atoms with van der Waals surface area (Å²) in [6.07, 6.45) is 8.78. The zero-order valence-electron chi connectivity index (χ0n) is 19.7. The summed E-state index contributed by atoms with van der Waals surface area (Å²) in [5.74, 6) is 0.740. The second-order valence-corrected chi connectivity index (χ2v) is 9.21. The van der Waals surface area contributed by atoms with Crippen molar-refractivity contribution in [3.05, 3.63) is 30.5 Å². The van der Waals surface area contributed by atoms with Crippen LogP contribution < -0.4 is 20.7 Å². The summed E-state index contributed by atoms with van der Waals surface area (Å²) >= 11 is 0. The van der Waals surface area contributed by atoms with E-state index in [0.717, 1.165) is 60.9 Å². The Kier molecular flexibility index (Phi) is 7.33. The maximum Gasteiger partial charge on any atom is 0.239 e. The Morgan fingerprint density at radius 3 is 2.91 bits per heavy atom. The predicted molar refractivity (Wildman–Crippen MR) is 129 cm³/mol. The Bertz CT molecular complexity index is 989. The van der Waals surface area contributed by atoms with Gasteiger partial charge in [-0.15, -0.1) is 0 Å². The molecular formula is C25H35N5O3. The summed E-state index contributed by atoms with van der Waals surface area (Å²) in [6.45, 7) is 3.19. The molecule has 1 aliphatic heterocycles. The van der Waals surface area contributed by atoms with Crippen LogP contribution in [-0.2, 0) is 9.59 Å². The third-order valence-electron chi connectivity index (χ3n) is 6.82. The molecule has 0 bridgehead atoms. The molecule has 0 radical (unpaired) electrons. The molecule has 2 aromatic rings. The standard InChI is InChI=1S/C25H35N5O3/c1-18(29-21-15-20(33-2)14-19-9-7-13-27-24(19)21)8-6-12-26-22(31)17-30-23(32)16-28-25(30)10-4-3-5-11-25/h7,9,13-15,18,28-29H,3-6,8,10-12,16-17H2,1-2H3,(H,26,31). The number of nitrogens with one attached hydrogen (secondary N) is 3. The number of methoxy groups -OCH3 is 1. The Labute approximate surface area is 195 Å². The van der Waals surface area contributed by atoms with Gasteiger partial charge in [0.1, 0.15) is 12.3 Å². The summed E-state index contributed by atoms with van der Waals surface area (Å²) in [4.78, 5) is 31.2. The van der Waals surface area contributed by atoms with E-state index in [2.05, 4.69) is 27.9 Å². The fraction of sp³-hybridized carbons (Fsp3) is 0.560. The zero-order valence-corrected chi connectivity index (χ0v) is 19.7. The predicted octanol–water partition coefficient (Wildman–Crippen LogP) is 3.03. The molecule has 8 nitrogen and oxygen atoms in total. The Hall–Kier alpha value is -2.87. The molecule has 1 aromatic carbocycles. The highest BCUT2D eigenvalue weighted by atomic mass is 16.5. The molecule has 1 spiro atoms. The van der Waals surface area contributed by atoms with E-state index in [1.807, 2.05) is 24.3 Å². The minimum Gasteiger partial charge on any atom is -0.497 e. The van der Waals surface area contributed by atoms with Crippen molar-refractivity contribution >= 4 is 28.4 Å². The molecule has 1 saturated heterocycles. The summed E-state index contributed by atoms with van der Waals surface area (Å²) in [7, 11) is 1.66. The van der Waals surface area contributed by atoms with Gasteiger partial charge in [0, 0.05) is 30.2 Å². The van der Waals surface area contributed by atoms with Crippen LogP contribution in [0.15, 0.2) is 30.5 Å². The molecule has 1 atom stereocenters. The first-order valence-electron chi connectivity index (χ1n) is 12.0. The lowest BCUT2D eigenvalue weighted by Crippen LogP contribution is -2.56. The van der Waals surface area contributed by atoms with Crippen LogP contribution in [0.4, 0.5) is 5.69 Å². The van der Waals surface area contributed by atoms with Gasteiger partial charge in [0.15, 0.2) is 0 Å². The van der Waals surface area contributed by atoms with E-state index in [1.54, 1.807) is 18.2 Å². The van der Waals surface area contributed by atoms with E-state index >= 15 is 0 Å². The smallest absolute Gasteiger partial charge is 0.239 e. The lowest BCUT2D eigenvalue weighted by molar-refractivity contribution is -0.137. The Morgan fingerprint density at radius 1 is 1.30 bits per heavy atom. The molecule has 1 aromatic heterocycles. The first-order chi connectivity index (χ1) is 16.0. The quantitative estimate of drug-likeness (QED) is 0.505. The fourth-order valence-corrected chi connectivity index (χ4v) is 5.06. The molecule has 4 rings (SSSR count). The number of ether oxygens (including phenoxy) is 1. The van der Waals surface area contributed by atoms with Crippen molar-refractivity contribution in [3.8, 4) is 5.75 Å². The molecular weight excluding hydrogens is 418 g/mol. The van der Waals surface area contributed by atoms with Crippen LogP contribution in [0.1, 0.15) is 51.9 Å². The highest BCUT2D eigenvalue weighted by Gasteiger charge is 2.45. The third kappa shape index (κ3) is 5.38. The first-order valence-corrected chi connectivity index (χ1v) is 12.0. The third-order valence-corrected chi connectivity index (χ3v) is 6.82. The normalized spacial score (nSPS) is 18.5. The molecule has 2 heterocycles. The van der Waals surface area contributed by atoms with Crippen LogP contribution >= 0.6 is 0 Å². The molecule has 2 amide bonds. The maximum absolute atomic E-state index is 12.6. The van der Waals surface area contributed by atoms with Crippen LogP contribution in [0, 0.1) is 0 Å². The lowest BCUT2D eigenvalue weighted by Gasteiger charge is -2.40. The zero-order chi connectivity index (χ0) is 23.3. The minimum absolute atomic E-state index is 0.0315. The van der Waals surface area contributed by atoms with E-state index in [-0.39, 0.29) is 30.1 Å². The van der Waals surface area contributed by atoms with Gasteiger partial charge in [-0.05, 0) is 57.6 Å². The van der Waals surface area contributed by atoms with Gasteiger partial charge in [0.2, 0.25) is 11.8 Å². The van der Waals surface area contributed by atoms with Crippen LogP contribution in [0.25, 0.3) is 10.9 Å². The average Bonchev–Trinajstić information content (AvgIpc) is 3.11. The van der Waals surface area contributed by atoms with Crippen molar-refractivity contribution in [2.24, 2.45) is 0 Å². The molecule has 3 N–H and O–H groups in total. The van der Waals surface area contributed by atoms with Gasteiger partial charge < -0.3 is 20.3 Å². The van der Waals surface area contributed by atoms with Gasteiger partial charge in [0.05, 0.1) is 30.5 Å². The molecule has 1 aliphatic carbocycles. The Morgan fingerprint density at radius 2 is 2.12 bits per heavy atom. The summed E-state index contributed by atoms with van der Waals surface area (Å²) in [5.41, 5.74) is 1.55. The number of carbonyl (C=O) groups excluding carboxylic acids is 2. The number of carbonyl (C=O) groups is 2. The second kappa shape index (κ2) is 10.4. The maximum atomic E-state index is 12.6. The summed E-state index contributed by atoms with van der Waals surface area (Å²) in [6, 6.07) is 8.09. The van der Waals surface area contributed by atoms with Crippen molar-refractivity contribution in [3.63, 3.8) is 0 Å². The van der Waals surface area contributed by atoms with Gasteiger partial charge in [-0.3, -0.25) is 19.9 Å². The number of hydrogen-bond acceptors (Lipinski definition) is 6. The number of rotatable bonds is 9. The summed E-state index contributed by atoms with van der Waals surface area (Å²) in [5, 5.41) is 10.9. The van der Waals surface area contributed by atoms with Gasteiger partial charge >= 0.3 is 0 Å². The first kappa shape index (κ1) is 23.3. The fourth-order valence-electron chi connectivity index (χ4n) is 5.06. The van der Waals surface area contributed by atoms with Crippen molar-refractivity contribution in [2.75, 3.05) is 32.1 Å². The molecule has 1 saturated carbocycles. The SMILES string of the molecule is COc1cc(NC(C)CCCNC(=O)CN2C(=O)CNC23CCCCC3)c2ncccc2c1. The van der Waals surface area contributed by atoms with Crippen molar-refractivity contribution in [1.29, 1.82) is 0 Å². The lowest BCUT2D eigenvalue weighted by atomic mass is 9.88. The number of amides is 2. The minimum atomic E-state index is -0.307. The average molecular weight is 454 g/mol. The van der Waals surface area contributed by atoms with Gasteiger partial charge in [-0.25, -0.2) is 0 Å². The van der Waals surface area contributed by atoms with Gasteiger partial charge in [-0.2, -0.15) is 0 Å². The van der Waals surface area contributed by atoms with Gasteiger partial charge in [-0.1, -0.05) is 12.5 Å². The molecule has 2 aliphatic rings. The largest absolute Gasteiger partial charge is 0.497 e. The summed E-state index contributed by atoms with van der Waals surface area (Å²) < 4.78 is 5.43. The van der Waals surface area contributed by atoms with Crippen LogP contribution in [0.3, 0.4) is 0 Å². The highest BCUT2D eigenvalue weighted by molar-refractivity contribution is 5.92. The van der Waals surface area contributed by atoms with E-state index in [1.165, 1.54) is 6.42 Å². The molecule has 8 heteroatoms. The van der Waals surface area contributed by atoms with Crippen molar-refractivity contribution < 1.29 is 14.3 Å². The number of pyridine rings is 1. The Balaban J connectivity index is 1.24. The molecule has 2 fully saturated rings. The second-order valence-electron chi connectivity index (χ2n) is 9.21. The molecule has 178 valence electrons. The topological polar surface area (TPSA) is 95.6 Å². The number of benzene rings is 1. The van der Waals surface area contributed by atoms with E-state index in [4.69, 9.17) is 4.74 Å². The van der Waals surface area contributed by atoms with Crippen LogP contribution in [-0.4, -0.2) is 60.1 Å². The monoisotopic (exact) mass is 453 g/mol.